The maximum absolute atomic E-state index is 12.1. The lowest BCUT2D eigenvalue weighted by Crippen LogP contribution is -2.44. The monoisotopic (exact) mass is 512 g/mol. The van der Waals surface area contributed by atoms with Crippen LogP contribution in [0.1, 0.15) is 31.2 Å². The molecule has 0 saturated carbocycles. The number of likely N-dealkylation sites (tertiary alicyclic amines) is 1. The lowest BCUT2D eigenvalue weighted by Gasteiger charge is -2.36. The molecular weight excluding hydrogens is 480 g/mol. The number of ether oxygens (including phenoxy) is 1. The van der Waals surface area contributed by atoms with Gasteiger partial charge in [-0.25, -0.2) is 0 Å². The van der Waals surface area contributed by atoms with E-state index in [9.17, 15) is 9.90 Å². The first kappa shape index (κ1) is 25.8. The van der Waals surface area contributed by atoms with Crippen molar-refractivity contribution in [1.29, 1.82) is 0 Å². The first-order chi connectivity index (χ1) is 17.0. The number of benzene rings is 2. The van der Waals surface area contributed by atoms with Crippen molar-refractivity contribution in [3.63, 3.8) is 0 Å². The number of piperidine rings is 1. The number of aliphatic carboxylic acids is 1. The summed E-state index contributed by atoms with van der Waals surface area (Å²) in [5.41, 5.74) is 2.21. The fourth-order valence-electron chi connectivity index (χ4n) is 4.99. The molecule has 0 amide bonds. The number of carbonyl (C=O) groups is 1. The molecule has 5 nitrogen and oxygen atoms in total. The van der Waals surface area contributed by atoms with E-state index in [-0.39, 0.29) is 11.8 Å². The summed E-state index contributed by atoms with van der Waals surface area (Å²) in [7, 11) is 1.67. The summed E-state index contributed by atoms with van der Waals surface area (Å²) in [6, 6.07) is 16.0. The molecule has 7 heteroatoms. The topological polar surface area (TPSA) is 62.7 Å². The Labute approximate surface area is 216 Å². The van der Waals surface area contributed by atoms with Gasteiger partial charge in [0.25, 0.3) is 0 Å². The fourth-order valence-corrected chi connectivity index (χ4v) is 5.95. The number of halogens is 1. The summed E-state index contributed by atoms with van der Waals surface area (Å²) >= 11 is 7.78. The van der Waals surface area contributed by atoms with Gasteiger partial charge < -0.3 is 14.7 Å². The summed E-state index contributed by atoms with van der Waals surface area (Å²) in [6.07, 6.45) is 6.68. The molecule has 2 aromatic carbocycles. The van der Waals surface area contributed by atoms with Crippen LogP contribution in [0.25, 0.3) is 10.9 Å². The number of carboxylic acid groups (broad SMARTS) is 1. The zero-order valence-corrected chi connectivity index (χ0v) is 21.7. The van der Waals surface area contributed by atoms with E-state index in [1.807, 2.05) is 60.4 Å². The number of thioether (sulfide) groups is 1. The highest BCUT2D eigenvalue weighted by Crippen LogP contribution is 2.30. The number of pyridine rings is 1. The molecule has 1 N–H and O–H groups in total. The van der Waals surface area contributed by atoms with Gasteiger partial charge in [0.15, 0.2) is 0 Å². The van der Waals surface area contributed by atoms with Gasteiger partial charge in [-0.3, -0.25) is 9.78 Å². The van der Waals surface area contributed by atoms with Gasteiger partial charge in [0.1, 0.15) is 5.75 Å². The number of aromatic nitrogens is 1. The van der Waals surface area contributed by atoms with Crippen LogP contribution in [0.4, 0.5) is 0 Å². The molecule has 0 aliphatic carbocycles. The minimum Gasteiger partial charge on any atom is -0.497 e. The van der Waals surface area contributed by atoms with Gasteiger partial charge in [-0.05, 0) is 111 Å². The summed E-state index contributed by atoms with van der Waals surface area (Å²) in [6.45, 7) is 2.58. The van der Waals surface area contributed by atoms with Crippen molar-refractivity contribution < 1.29 is 14.6 Å². The molecule has 1 fully saturated rings. The quantitative estimate of drug-likeness (QED) is 0.236. The van der Waals surface area contributed by atoms with Crippen molar-refractivity contribution in [2.24, 2.45) is 11.8 Å². The van der Waals surface area contributed by atoms with Gasteiger partial charge in [-0.1, -0.05) is 11.6 Å². The third-order valence-electron chi connectivity index (χ3n) is 6.92. The third-order valence-corrected chi connectivity index (χ3v) is 8.27. The Morgan fingerprint density at radius 1 is 1.20 bits per heavy atom. The molecule has 35 heavy (non-hydrogen) atoms. The maximum atomic E-state index is 12.1. The zero-order valence-electron chi connectivity index (χ0n) is 20.2. The highest BCUT2D eigenvalue weighted by atomic mass is 35.5. The number of aryl methyl sites for hydroxylation is 1. The van der Waals surface area contributed by atoms with E-state index < -0.39 is 5.97 Å². The largest absolute Gasteiger partial charge is 0.497 e. The zero-order chi connectivity index (χ0) is 24.6. The number of nitrogens with zero attached hydrogens (tertiary/aromatic N) is 2. The number of hydrogen-bond donors (Lipinski definition) is 1. The van der Waals surface area contributed by atoms with Gasteiger partial charge in [-0.15, -0.1) is 11.8 Å². The lowest BCUT2D eigenvalue weighted by molar-refractivity contribution is -0.146. The highest BCUT2D eigenvalue weighted by molar-refractivity contribution is 7.99. The molecule has 2 heterocycles. The van der Waals surface area contributed by atoms with Crippen LogP contribution in [0.3, 0.4) is 0 Å². The SMILES string of the molecule is COc1ccc2nccc(CCC[C@@H]3CCN(CCCSc4ccc(Cl)cc4)C[C@@H]3C(=O)O)c2c1. The molecule has 1 saturated heterocycles. The Morgan fingerprint density at radius 3 is 2.80 bits per heavy atom. The van der Waals surface area contributed by atoms with Crippen LogP contribution in [-0.4, -0.2) is 53.5 Å². The van der Waals surface area contributed by atoms with Crippen molar-refractivity contribution in [3.8, 4) is 5.75 Å². The van der Waals surface area contributed by atoms with Crippen molar-refractivity contribution in [2.45, 2.75) is 37.0 Å². The van der Waals surface area contributed by atoms with E-state index in [0.29, 0.717) is 6.54 Å². The average molecular weight is 513 g/mol. The predicted molar refractivity (Wildman–Crippen MR) is 144 cm³/mol. The third kappa shape index (κ3) is 7.12. The maximum Gasteiger partial charge on any atom is 0.308 e. The molecule has 1 aliphatic rings. The van der Waals surface area contributed by atoms with Gasteiger partial charge >= 0.3 is 5.97 Å². The van der Waals surface area contributed by atoms with E-state index in [2.05, 4.69) is 16.0 Å². The van der Waals surface area contributed by atoms with Crippen molar-refractivity contribution in [2.75, 3.05) is 32.5 Å². The first-order valence-corrected chi connectivity index (χ1v) is 13.6. The molecule has 0 bridgehead atoms. The molecule has 1 aliphatic heterocycles. The first-order valence-electron chi connectivity index (χ1n) is 12.3. The summed E-state index contributed by atoms with van der Waals surface area (Å²) in [5.74, 6) is 1.13. The predicted octanol–water partition coefficient (Wildman–Crippen LogP) is 6.42. The molecule has 3 aromatic rings. The second kappa shape index (κ2) is 12.6. The van der Waals surface area contributed by atoms with Crippen molar-refractivity contribution >= 4 is 40.2 Å². The Balaban J connectivity index is 1.25. The van der Waals surface area contributed by atoms with Crippen LogP contribution < -0.4 is 4.74 Å². The number of methoxy groups -OCH3 is 1. The van der Waals surface area contributed by atoms with E-state index in [0.717, 1.165) is 72.6 Å². The van der Waals surface area contributed by atoms with Gasteiger partial charge in [-0.2, -0.15) is 0 Å². The number of carboxylic acids is 1. The number of fused-ring (bicyclic) bond motifs is 1. The van der Waals surface area contributed by atoms with Crippen LogP contribution >= 0.6 is 23.4 Å². The summed E-state index contributed by atoms with van der Waals surface area (Å²) in [4.78, 5) is 20.1. The molecule has 0 radical (unpaired) electrons. The molecule has 4 rings (SSSR count). The lowest BCUT2D eigenvalue weighted by atomic mass is 9.81. The van der Waals surface area contributed by atoms with Gasteiger partial charge in [0.2, 0.25) is 0 Å². The Hall–Kier alpha value is -2.28. The molecule has 0 unspecified atom stereocenters. The standard InChI is InChI=1S/C28H33ClN2O3S/c1-34-23-8-11-27-25(18-23)20(12-14-30-27)4-2-5-21-13-16-31(19-26(21)28(32)33)15-3-17-35-24-9-6-22(29)7-10-24/h6-12,14,18,21,26H,2-5,13,15-17,19H2,1H3,(H,32,33)/t21-,26+/m1/s1. The van der Waals surface area contributed by atoms with Crippen molar-refractivity contribution in [1.82, 2.24) is 9.88 Å². The molecule has 1 aromatic heterocycles. The van der Waals surface area contributed by atoms with E-state index in [4.69, 9.17) is 16.3 Å². The Morgan fingerprint density at radius 2 is 2.03 bits per heavy atom. The smallest absolute Gasteiger partial charge is 0.308 e. The second-order valence-electron chi connectivity index (χ2n) is 9.20. The van der Waals surface area contributed by atoms with Gasteiger partial charge in [0.05, 0.1) is 18.5 Å². The number of hydrogen-bond acceptors (Lipinski definition) is 5. The average Bonchev–Trinajstić information content (AvgIpc) is 2.88. The minimum absolute atomic E-state index is 0.231. The molecule has 2 atom stereocenters. The molecular formula is C28H33ClN2O3S. The van der Waals surface area contributed by atoms with E-state index in [1.54, 1.807) is 7.11 Å². The minimum atomic E-state index is -0.658. The van der Waals surface area contributed by atoms with Crippen LogP contribution in [0.5, 0.6) is 5.75 Å². The Bertz CT molecular complexity index is 1120. The van der Waals surface area contributed by atoms with Crippen LogP contribution in [0, 0.1) is 11.8 Å². The van der Waals surface area contributed by atoms with Crippen LogP contribution in [0.15, 0.2) is 59.6 Å². The van der Waals surface area contributed by atoms with Crippen LogP contribution in [-0.2, 0) is 11.2 Å². The van der Waals surface area contributed by atoms with Crippen molar-refractivity contribution in [3.05, 3.63) is 65.3 Å². The number of rotatable bonds is 11. The molecule has 186 valence electrons. The highest BCUT2D eigenvalue weighted by Gasteiger charge is 2.33. The van der Waals surface area contributed by atoms with Crippen LogP contribution in [0.2, 0.25) is 5.02 Å². The van der Waals surface area contributed by atoms with E-state index in [1.165, 1.54) is 10.5 Å². The fraction of sp³-hybridized carbons (Fsp3) is 0.429. The normalized spacial score (nSPS) is 18.6. The Kier molecular flexibility index (Phi) is 9.30. The molecule has 0 spiro atoms. The van der Waals surface area contributed by atoms with Gasteiger partial charge in [0, 0.05) is 28.0 Å². The second-order valence-corrected chi connectivity index (χ2v) is 10.8. The summed E-state index contributed by atoms with van der Waals surface area (Å²) < 4.78 is 5.39. The van der Waals surface area contributed by atoms with E-state index >= 15 is 0 Å². The summed E-state index contributed by atoms with van der Waals surface area (Å²) in [5, 5.41) is 11.8.